The Morgan fingerprint density at radius 1 is 1.25 bits per heavy atom. The lowest BCUT2D eigenvalue weighted by atomic mass is 10.0. The summed E-state index contributed by atoms with van der Waals surface area (Å²) < 4.78 is 0. The summed E-state index contributed by atoms with van der Waals surface area (Å²) in [5, 5.41) is 2.79. The molecular formula is C20H25N3O. The molecular weight excluding hydrogens is 298 g/mol. The van der Waals surface area contributed by atoms with Gasteiger partial charge in [-0.25, -0.2) is 0 Å². The van der Waals surface area contributed by atoms with E-state index in [1.54, 1.807) is 6.20 Å². The summed E-state index contributed by atoms with van der Waals surface area (Å²) in [5.74, 6) is -0.0760. The third-order valence-electron chi connectivity index (χ3n) is 4.72. The van der Waals surface area contributed by atoms with Gasteiger partial charge in [0.25, 0.3) is 5.91 Å². The van der Waals surface area contributed by atoms with Crippen LogP contribution >= 0.6 is 0 Å². The van der Waals surface area contributed by atoms with Crippen molar-refractivity contribution in [2.24, 2.45) is 0 Å². The second-order valence-electron chi connectivity index (χ2n) is 6.34. The van der Waals surface area contributed by atoms with Gasteiger partial charge in [-0.3, -0.25) is 14.7 Å². The molecule has 4 nitrogen and oxygen atoms in total. The fourth-order valence-corrected chi connectivity index (χ4v) is 3.26. The van der Waals surface area contributed by atoms with Gasteiger partial charge in [0.1, 0.15) is 0 Å². The normalized spacial score (nSPS) is 16.1. The van der Waals surface area contributed by atoms with Crippen LogP contribution in [0.3, 0.4) is 0 Å². The van der Waals surface area contributed by atoms with E-state index in [4.69, 9.17) is 0 Å². The van der Waals surface area contributed by atoms with Gasteiger partial charge in [0.15, 0.2) is 0 Å². The van der Waals surface area contributed by atoms with Crippen LogP contribution in [0.25, 0.3) is 11.3 Å². The highest BCUT2D eigenvalue weighted by molar-refractivity contribution is 5.94. The van der Waals surface area contributed by atoms with E-state index in [9.17, 15) is 4.79 Å². The molecule has 24 heavy (non-hydrogen) atoms. The standard InChI is InChI=1S/C20H25N3O/c1-3-21-20(24)18-9-10-19(22-14-18)17-8-6-7-16(13-17)15(2)23-11-4-5-12-23/h6-10,13-15H,3-5,11-12H2,1-2H3,(H,21,24). The summed E-state index contributed by atoms with van der Waals surface area (Å²) in [5.41, 5.74) is 3.92. The van der Waals surface area contributed by atoms with Gasteiger partial charge in [-0.05, 0) is 63.5 Å². The summed E-state index contributed by atoms with van der Waals surface area (Å²) in [6.07, 6.45) is 4.25. The molecule has 1 aromatic heterocycles. The highest BCUT2D eigenvalue weighted by atomic mass is 16.1. The van der Waals surface area contributed by atoms with E-state index in [1.807, 2.05) is 19.1 Å². The Morgan fingerprint density at radius 3 is 2.71 bits per heavy atom. The van der Waals surface area contributed by atoms with Gasteiger partial charge in [0.05, 0.1) is 11.3 Å². The van der Waals surface area contributed by atoms with Crippen LogP contribution in [-0.2, 0) is 0 Å². The SMILES string of the molecule is CCNC(=O)c1ccc(-c2cccc(C(C)N3CCCC3)c2)nc1. The van der Waals surface area contributed by atoms with Crippen molar-refractivity contribution in [1.82, 2.24) is 15.2 Å². The number of pyridine rings is 1. The molecule has 1 N–H and O–H groups in total. The Hall–Kier alpha value is -2.20. The third-order valence-corrected chi connectivity index (χ3v) is 4.72. The summed E-state index contributed by atoms with van der Waals surface area (Å²) >= 11 is 0. The van der Waals surface area contributed by atoms with Crippen molar-refractivity contribution in [1.29, 1.82) is 0 Å². The zero-order valence-electron chi connectivity index (χ0n) is 14.5. The zero-order chi connectivity index (χ0) is 16.9. The van der Waals surface area contributed by atoms with Crippen LogP contribution in [0.5, 0.6) is 0 Å². The van der Waals surface area contributed by atoms with E-state index in [2.05, 4.69) is 46.4 Å². The highest BCUT2D eigenvalue weighted by Crippen LogP contribution is 2.27. The average molecular weight is 323 g/mol. The molecule has 0 saturated carbocycles. The van der Waals surface area contributed by atoms with E-state index in [1.165, 1.54) is 31.5 Å². The lowest BCUT2D eigenvalue weighted by Crippen LogP contribution is -2.23. The number of carbonyl (C=O) groups excluding carboxylic acids is 1. The number of nitrogens with zero attached hydrogens (tertiary/aromatic N) is 2. The smallest absolute Gasteiger partial charge is 0.252 e. The number of nitrogens with one attached hydrogen (secondary N) is 1. The molecule has 0 bridgehead atoms. The molecule has 1 unspecified atom stereocenters. The maximum absolute atomic E-state index is 11.8. The zero-order valence-corrected chi connectivity index (χ0v) is 14.5. The van der Waals surface area contributed by atoms with Crippen molar-refractivity contribution >= 4 is 5.91 Å². The average Bonchev–Trinajstić information content (AvgIpc) is 3.16. The first-order valence-corrected chi connectivity index (χ1v) is 8.77. The second-order valence-corrected chi connectivity index (χ2v) is 6.34. The minimum Gasteiger partial charge on any atom is -0.352 e. The molecule has 3 rings (SSSR count). The molecule has 2 aromatic rings. The summed E-state index contributed by atoms with van der Waals surface area (Å²) in [6, 6.07) is 12.8. The van der Waals surface area contributed by atoms with Crippen LogP contribution in [0.1, 0.15) is 48.7 Å². The van der Waals surface area contributed by atoms with Crippen molar-refractivity contribution in [3.8, 4) is 11.3 Å². The second kappa shape index (κ2) is 7.58. The van der Waals surface area contributed by atoms with Crippen LogP contribution in [-0.4, -0.2) is 35.4 Å². The molecule has 4 heteroatoms. The van der Waals surface area contributed by atoms with E-state index >= 15 is 0 Å². The molecule has 1 aliphatic heterocycles. The minimum atomic E-state index is -0.0760. The van der Waals surface area contributed by atoms with Gasteiger partial charge in [-0.1, -0.05) is 18.2 Å². The number of rotatable bonds is 5. The van der Waals surface area contributed by atoms with Crippen LogP contribution in [0.2, 0.25) is 0 Å². The fraction of sp³-hybridized carbons (Fsp3) is 0.400. The number of hydrogen-bond acceptors (Lipinski definition) is 3. The molecule has 126 valence electrons. The predicted molar refractivity (Wildman–Crippen MR) is 96.9 cm³/mol. The lowest BCUT2D eigenvalue weighted by Gasteiger charge is -2.24. The monoisotopic (exact) mass is 323 g/mol. The maximum atomic E-state index is 11.8. The first-order chi connectivity index (χ1) is 11.7. The maximum Gasteiger partial charge on any atom is 0.252 e. The van der Waals surface area contributed by atoms with Crippen molar-refractivity contribution < 1.29 is 4.79 Å². The van der Waals surface area contributed by atoms with Gasteiger partial charge in [0.2, 0.25) is 0 Å². The molecule has 0 radical (unpaired) electrons. The third kappa shape index (κ3) is 3.65. The Labute approximate surface area is 143 Å². The first-order valence-electron chi connectivity index (χ1n) is 8.77. The Bertz CT molecular complexity index is 690. The summed E-state index contributed by atoms with van der Waals surface area (Å²) in [6.45, 7) is 7.18. The number of carbonyl (C=O) groups is 1. The van der Waals surface area contributed by atoms with Gasteiger partial charge in [-0.2, -0.15) is 0 Å². The molecule has 0 aliphatic carbocycles. The molecule has 1 aliphatic rings. The number of likely N-dealkylation sites (tertiary alicyclic amines) is 1. The number of aromatic nitrogens is 1. The van der Waals surface area contributed by atoms with Crippen molar-refractivity contribution in [3.63, 3.8) is 0 Å². The Morgan fingerprint density at radius 2 is 2.04 bits per heavy atom. The van der Waals surface area contributed by atoms with Gasteiger partial charge in [-0.15, -0.1) is 0 Å². The van der Waals surface area contributed by atoms with E-state index in [0.717, 1.165) is 11.3 Å². The van der Waals surface area contributed by atoms with Gasteiger partial charge >= 0.3 is 0 Å². The summed E-state index contributed by atoms with van der Waals surface area (Å²) in [4.78, 5) is 18.8. The highest BCUT2D eigenvalue weighted by Gasteiger charge is 2.19. The largest absolute Gasteiger partial charge is 0.352 e. The predicted octanol–water partition coefficient (Wildman–Crippen LogP) is 3.66. The molecule has 0 spiro atoms. The quantitative estimate of drug-likeness (QED) is 0.913. The molecule has 1 amide bonds. The van der Waals surface area contributed by atoms with Crippen LogP contribution in [0.4, 0.5) is 0 Å². The van der Waals surface area contributed by atoms with Crippen molar-refractivity contribution in [2.45, 2.75) is 32.7 Å². The first kappa shape index (κ1) is 16.7. The topological polar surface area (TPSA) is 45.2 Å². The van der Waals surface area contributed by atoms with Crippen molar-refractivity contribution in [2.75, 3.05) is 19.6 Å². The Balaban J connectivity index is 1.79. The van der Waals surface area contributed by atoms with E-state index < -0.39 is 0 Å². The molecule has 1 saturated heterocycles. The number of amides is 1. The molecule has 1 atom stereocenters. The molecule has 1 aromatic carbocycles. The molecule has 1 fully saturated rings. The van der Waals surface area contributed by atoms with Gasteiger partial charge in [0, 0.05) is 24.3 Å². The molecule has 2 heterocycles. The van der Waals surface area contributed by atoms with E-state index in [-0.39, 0.29) is 5.91 Å². The van der Waals surface area contributed by atoms with Crippen LogP contribution < -0.4 is 5.32 Å². The summed E-state index contributed by atoms with van der Waals surface area (Å²) in [7, 11) is 0. The minimum absolute atomic E-state index is 0.0760. The van der Waals surface area contributed by atoms with Crippen molar-refractivity contribution in [3.05, 3.63) is 53.7 Å². The number of hydrogen-bond donors (Lipinski definition) is 1. The fourth-order valence-electron chi connectivity index (χ4n) is 3.26. The lowest BCUT2D eigenvalue weighted by molar-refractivity contribution is 0.0955. The van der Waals surface area contributed by atoms with E-state index in [0.29, 0.717) is 18.2 Å². The Kier molecular flexibility index (Phi) is 5.26. The van der Waals surface area contributed by atoms with Crippen LogP contribution in [0.15, 0.2) is 42.6 Å². The number of benzene rings is 1. The van der Waals surface area contributed by atoms with Gasteiger partial charge < -0.3 is 5.32 Å². The van der Waals surface area contributed by atoms with Crippen LogP contribution in [0, 0.1) is 0 Å².